The van der Waals surface area contributed by atoms with Gasteiger partial charge in [0.2, 0.25) is 15.9 Å². The van der Waals surface area contributed by atoms with Crippen LogP contribution in [0, 0.1) is 0 Å². The number of hydrogen-bond donors (Lipinski definition) is 1. The van der Waals surface area contributed by atoms with Crippen molar-refractivity contribution in [2.24, 2.45) is 0 Å². The van der Waals surface area contributed by atoms with Gasteiger partial charge in [-0.1, -0.05) is 24.6 Å². The molecule has 1 aromatic carbocycles. The van der Waals surface area contributed by atoms with E-state index in [2.05, 4.69) is 17.3 Å². The van der Waals surface area contributed by atoms with Gasteiger partial charge in [0.05, 0.1) is 11.9 Å². The Bertz CT molecular complexity index is 703. The lowest BCUT2D eigenvalue weighted by Crippen LogP contribution is -2.53. The smallest absolute Gasteiger partial charge is 0.244 e. The molecule has 1 heterocycles. The Morgan fingerprint density at radius 2 is 2.04 bits per heavy atom. The molecule has 1 fully saturated rings. The highest BCUT2D eigenvalue weighted by Gasteiger charge is 2.33. The van der Waals surface area contributed by atoms with Crippen LogP contribution in [0.1, 0.15) is 26.2 Å². The monoisotopic (exact) mass is 387 g/mol. The number of benzene rings is 1. The number of sulfonamides is 1. The molecule has 0 bridgehead atoms. The number of halogens is 1. The van der Waals surface area contributed by atoms with Gasteiger partial charge in [0.1, 0.15) is 6.04 Å². The number of piperidine rings is 1. The molecule has 8 heteroatoms. The minimum atomic E-state index is -3.64. The van der Waals surface area contributed by atoms with Crippen molar-refractivity contribution in [3.63, 3.8) is 0 Å². The van der Waals surface area contributed by atoms with E-state index in [-0.39, 0.29) is 11.9 Å². The first-order valence-corrected chi connectivity index (χ1v) is 10.7. The summed E-state index contributed by atoms with van der Waals surface area (Å²) in [5.74, 6) is -0.262. The second-order valence-corrected chi connectivity index (χ2v) is 8.84. The number of nitrogens with one attached hydrogen (secondary N) is 1. The summed E-state index contributed by atoms with van der Waals surface area (Å²) in [5, 5.41) is 3.45. The molecule has 1 aliphatic heterocycles. The summed E-state index contributed by atoms with van der Waals surface area (Å²) in [4.78, 5) is 15.0. The van der Waals surface area contributed by atoms with Crippen LogP contribution in [0.15, 0.2) is 24.3 Å². The fraction of sp³-hybridized carbons (Fsp3) is 0.588. The molecule has 6 nitrogen and oxygen atoms in total. The van der Waals surface area contributed by atoms with E-state index in [1.165, 1.54) is 4.31 Å². The first-order valence-electron chi connectivity index (χ1n) is 8.46. The van der Waals surface area contributed by atoms with Crippen molar-refractivity contribution in [1.29, 1.82) is 0 Å². The Kier molecular flexibility index (Phi) is 6.71. The molecule has 1 N–H and O–H groups in total. The van der Waals surface area contributed by atoms with E-state index < -0.39 is 16.1 Å². The maximum absolute atomic E-state index is 12.8. The van der Waals surface area contributed by atoms with E-state index in [1.807, 2.05) is 6.92 Å². The minimum absolute atomic E-state index is 0.0820. The maximum Gasteiger partial charge on any atom is 0.244 e. The zero-order valence-corrected chi connectivity index (χ0v) is 16.5. The molecule has 140 valence electrons. The molecule has 0 radical (unpaired) electrons. The van der Waals surface area contributed by atoms with Gasteiger partial charge in [-0.15, -0.1) is 0 Å². The lowest BCUT2D eigenvalue weighted by molar-refractivity contribution is -0.123. The van der Waals surface area contributed by atoms with Gasteiger partial charge in [0, 0.05) is 11.1 Å². The van der Waals surface area contributed by atoms with E-state index in [0.717, 1.165) is 32.2 Å². The Balaban J connectivity index is 2.23. The summed E-state index contributed by atoms with van der Waals surface area (Å²) in [6.07, 6.45) is 3.22. The van der Waals surface area contributed by atoms with Gasteiger partial charge in [-0.05, 0) is 57.6 Å². The van der Waals surface area contributed by atoms with E-state index in [1.54, 1.807) is 24.3 Å². The van der Waals surface area contributed by atoms with Crippen LogP contribution in [0.4, 0.5) is 5.69 Å². The molecule has 1 atom stereocenters. The fourth-order valence-corrected chi connectivity index (χ4v) is 4.51. The SMILES string of the molecule is CCC(C(=O)NC1CCN(C)CC1)N(c1cccc(Cl)c1)S(C)(=O)=O. The summed E-state index contributed by atoms with van der Waals surface area (Å²) in [5.41, 5.74) is 0.403. The molecule has 1 unspecified atom stereocenters. The average molecular weight is 388 g/mol. The first-order chi connectivity index (χ1) is 11.7. The van der Waals surface area contributed by atoms with Crippen LogP contribution in [-0.4, -0.2) is 57.7 Å². The quantitative estimate of drug-likeness (QED) is 0.811. The molecule has 0 aliphatic carbocycles. The van der Waals surface area contributed by atoms with Crippen molar-refractivity contribution in [2.45, 2.75) is 38.3 Å². The number of hydrogen-bond acceptors (Lipinski definition) is 4. The summed E-state index contributed by atoms with van der Waals surface area (Å²) in [6, 6.07) is 5.85. The number of carbonyl (C=O) groups is 1. The lowest BCUT2D eigenvalue weighted by atomic mass is 10.0. The number of likely N-dealkylation sites (tertiary alicyclic amines) is 1. The van der Waals surface area contributed by atoms with Crippen LogP contribution in [0.2, 0.25) is 5.02 Å². The molecule has 0 aromatic heterocycles. The zero-order chi connectivity index (χ0) is 18.6. The molecular weight excluding hydrogens is 362 g/mol. The summed E-state index contributed by atoms with van der Waals surface area (Å²) in [6.45, 7) is 3.65. The van der Waals surface area contributed by atoms with Gasteiger partial charge < -0.3 is 10.2 Å². The maximum atomic E-state index is 12.8. The third kappa shape index (κ3) is 5.33. The van der Waals surface area contributed by atoms with Crippen LogP contribution in [0.5, 0.6) is 0 Å². The van der Waals surface area contributed by atoms with Crippen molar-refractivity contribution >= 4 is 33.2 Å². The standard InChI is InChI=1S/C17H26ClN3O3S/c1-4-16(17(22)19-14-8-10-20(2)11-9-14)21(25(3,23)24)15-7-5-6-13(18)12-15/h5-7,12,14,16H,4,8-11H2,1-3H3,(H,19,22). The third-order valence-electron chi connectivity index (χ3n) is 4.46. The first kappa shape index (κ1) is 20.0. The van der Waals surface area contributed by atoms with Crippen molar-refractivity contribution in [1.82, 2.24) is 10.2 Å². The summed E-state index contributed by atoms with van der Waals surface area (Å²) in [7, 11) is -1.58. The Labute approximate surface area is 155 Å². The van der Waals surface area contributed by atoms with Crippen molar-refractivity contribution in [2.75, 3.05) is 30.7 Å². The molecule has 1 aromatic rings. The van der Waals surface area contributed by atoms with E-state index in [0.29, 0.717) is 17.1 Å². The number of amides is 1. The number of anilines is 1. The fourth-order valence-electron chi connectivity index (χ4n) is 3.12. The predicted octanol–water partition coefficient (Wildman–Crippen LogP) is 2.09. The minimum Gasteiger partial charge on any atom is -0.351 e. The lowest BCUT2D eigenvalue weighted by Gasteiger charge is -2.34. The second-order valence-electron chi connectivity index (χ2n) is 6.55. The Hall–Kier alpha value is -1.31. The van der Waals surface area contributed by atoms with Crippen molar-refractivity contribution in [3.8, 4) is 0 Å². The summed E-state index contributed by atoms with van der Waals surface area (Å²) < 4.78 is 25.9. The van der Waals surface area contributed by atoms with Gasteiger partial charge in [-0.25, -0.2) is 8.42 Å². The van der Waals surface area contributed by atoms with Crippen LogP contribution in [0.25, 0.3) is 0 Å². The van der Waals surface area contributed by atoms with Crippen LogP contribution in [0.3, 0.4) is 0 Å². The highest BCUT2D eigenvalue weighted by Crippen LogP contribution is 2.25. The van der Waals surface area contributed by atoms with Gasteiger partial charge in [-0.2, -0.15) is 0 Å². The van der Waals surface area contributed by atoms with Gasteiger partial charge >= 0.3 is 0 Å². The largest absolute Gasteiger partial charge is 0.351 e. The number of nitrogens with zero attached hydrogens (tertiary/aromatic N) is 2. The van der Waals surface area contributed by atoms with Crippen LogP contribution < -0.4 is 9.62 Å². The third-order valence-corrected chi connectivity index (χ3v) is 5.87. The van der Waals surface area contributed by atoms with Crippen molar-refractivity contribution in [3.05, 3.63) is 29.3 Å². The second kappa shape index (κ2) is 8.38. The average Bonchev–Trinajstić information content (AvgIpc) is 2.53. The molecule has 25 heavy (non-hydrogen) atoms. The number of carbonyl (C=O) groups excluding carboxylic acids is 1. The topological polar surface area (TPSA) is 69.7 Å². The van der Waals surface area contributed by atoms with Crippen LogP contribution in [-0.2, 0) is 14.8 Å². The highest BCUT2D eigenvalue weighted by atomic mass is 35.5. The van der Waals surface area contributed by atoms with Crippen molar-refractivity contribution < 1.29 is 13.2 Å². The number of rotatable bonds is 6. The molecule has 0 spiro atoms. The highest BCUT2D eigenvalue weighted by molar-refractivity contribution is 7.92. The molecule has 0 saturated carbocycles. The van der Waals surface area contributed by atoms with E-state index in [9.17, 15) is 13.2 Å². The molecule has 2 rings (SSSR count). The zero-order valence-electron chi connectivity index (χ0n) is 14.9. The van der Waals surface area contributed by atoms with Gasteiger partial charge in [0.25, 0.3) is 0 Å². The van der Waals surface area contributed by atoms with Gasteiger partial charge in [0.15, 0.2) is 0 Å². The van der Waals surface area contributed by atoms with Crippen LogP contribution >= 0.6 is 11.6 Å². The summed E-state index contributed by atoms with van der Waals surface area (Å²) >= 11 is 6.01. The van der Waals surface area contributed by atoms with E-state index >= 15 is 0 Å². The molecule has 1 aliphatic rings. The molecule has 1 saturated heterocycles. The Morgan fingerprint density at radius 3 is 2.56 bits per heavy atom. The predicted molar refractivity (Wildman–Crippen MR) is 102 cm³/mol. The Morgan fingerprint density at radius 1 is 1.40 bits per heavy atom. The molecular formula is C17H26ClN3O3S. The van der Waals surface area contributed by atoms with Gasteiger partial charge in [-0.3, -0.25) is 9.10 Å². The molecule has 1 amide bonds. The normalized spacial score (nSPS) is 17.9. The van der Waals surface area contributed by atoms with E-state index in [4.69, 9.17) is 11.6 Å².